The van der Waals surface area contributed by atoms with Gasteiger partial charge in [0, 0.05) is 24.8 Å². The minimum atomic E-state index is -4.39. The second-order valence-corrected chi connectivity index (χ2v) is 11.8. The van der Waals surface area contributed by atoms with Gasteiger partial charge in [-0.3, -0.25) is 9.88 Å². The lowest BCUT2D eigenvalue weighted by atomic mass is 9.90. The first-order valence-corrected chi connectivity index (χ1v) is 15.6. The molecule has 2 N–H and O–H groups in total. The fourth-order valence-electron chi connectivity index (χ4n) is 6.29. The maximum absolute atomic E-state index is 13.1. The molecule has 1 aliphatic rings. The zero-order chi connectivity index (χ0) is 31.5. The molecule has 1 aliphatic carbocycles. The Morgan fingerprint density at radius 1 is 0.870 bits per heavy atom. The van der Waals surface area contributed by atoms with Gasteiger partial charge < -0.3 is 14.7 Å². The topological polar surface area (TPSA) is 70.0 Å². The maximum Gasteiger partial charge on any atom is 0.416 e. The molecule has 1 unspecified atom stereocenters. The Hall–Kier alpha value is -4.73. The highest BCUT2D eigenvalue weighted by Gasteiger charge is 2.31. The number of nitrogens with one attached hydrogen (secondary N) is 2. The summed E-state index contributed by atoms with van der Waals surface area (Å²) in [7, 11) is 0. The van der Waals surface area contributed by atoms with Crippen LogP contribution in [-0.2, 0) is 38.8 Å². The first-order valence-electron chi connectivity index (χ1n) is 15.6. The first kappa shape index (κ1) is 30.0. The van der Waals surface area contributed by atoms with Crippen molar-refractivity contribution in [3.05, 3.63) is 143 Å². The van der Waals surface area contributed by atoms with Gasteiger partial charge in [0.2, 0.25) is 0 Å². The summed E-state index contributed by atoms with van der Waals surface area (Å²) in [6.45, 7) is 2.53. The standard InChI is InChI=1S/C37H34F3N5O/c38-37(39,40)29-9-3-7-28(20-29)34-18-17-30(46-34)22-41-21-25-13-15-26(16-14-25)23-45(24-35-43-31-10-1-2-11-32(31)44-35)33-12-4-6-27-8-5-19-42-36(27)33/h1-3,5,7-11,13-20,33,41H,4,6,12,21-24H2,(H,43,44). The lowest BCUT2D eigenvalue weighted by molar-refractivity contribution is -0.137. The van der Waals surface area contributed by atoms with Crippen LogP contribution in [0.1, 0.15) is 58.4 Å². The number of aromatic nitrogens is 3. The summed E-state index contributed by atoms with van der Waals surface area (Å²) in [5, 5.41) is 3.38. The number of pyridine rings is 1. The number of imidazole rings is 1. The molecular formula is C37H34F3N5O. The molecule has 0 spiro atoms. The van der Waals surface area contributed by atoms with Crippen LogP contribution in [-0.4, -0.2) is 19.9 Å². The van der Waals surface area contributed by atoms with E-state index < -0.39 is 11.7 Å². The van der Waals surface area contributed by atoms with Gasteiger partial charge in [-0.2, -0.15) is 13.2 Å². The number of hydrogen-bond donors (Lipinski definition) is 2. The molecule has 0 saturated carbocycles. The Labute approximate surface area is 265 Å². The second-order valence-electron chi connectivity index (χ2n) is 11.8. The number of aromatic amines is 1. The van der Waals surface area contributed by atoms with Crippen molar-refractivity contribution >= 4 is 11.0 Å². The number of furan rings is 1. The van der Waals surface area contributed by atoms with Crippen LogP contribution in [0.3, 0.4) is 0 Å². The number of benzene rings is 3. The molecule has 9 heteroatoms. The molecule has 0 fully saturated rings. The van der Waals surface area contributed by atoms with Crippen LogP contribution in [0.25, 0.3) is 22.4 Å². The van der Waals surface area contributed by atoms with Gasteiger partial charge in [0.25, 0.3) is 0 Å². The van der Waals surface area contributed by atoms with Crippen LogP contribution in [0.15, 0.2) is 108 Å². The Morgan fingerprint density at radius 3 is 2.57 bits per heavy atom. The molecule has 1 atom stereocenters. The minimum absolute atomic E-state index is 0.202. The summed E-state index contributed by atoms with van der Waals surface area (Å²) in [4.78, 5) is 15.7. The van der Waals surface area contributed by atoms with E-state index in [0.29, 0.717) is 36.7 Å². The predicted molar refractivity (Wildman–Crippen MR) is 171 cm³/mol. The van der Waals surface area contributed by atoms with Gasteiger partial charge in [-0.05, 0) is 78.4 Å². The van der Waals surface area contributed by atoms with E-state index in [9.17, 15) is 13.2 Å². The van der Waals surface area contributed by atoms with Crippen LogP contribution < -0.4 is 5.32 Å². The van der Waals surface area contributed by atoms with Crippen molar-refractivity contribution in [2.75, 3.05) is 0 Å². The monoisotopic (exact) mass is 621 g/mol. The number of H-pyrrole nitrogens is 1. The van der Waals surface area contributed by atoms with Crippen LogP contribution in [0.5, 0.6) is 0 Å². The molecule has 6 aromatic rings. The van der Waals surface area contributed by atoms with E-state index in [4.69, 9.17) is 14.4 Å². The molecule has 0 saturated heterocycles. The third-order valence-corrected chi connectivity index (χ3v) is 8.57. The molecule has 0 aliphatic heterocycles. The fourth-order valence-corrected chi connectivity index (χ4v) is 6.29. The highest BCUT2D eigenvalue weighted by Crippen LogP contribution is 2.35. The zero-order valence-electron chi connectivity index (χ0n) is 25.2. The van der Waals surface area contributed by atoms with E-state index in [1.165, 1.54) is 22.9 Å². The normalized spacial score (nSPS) is 15.0. The quantitative estimate of drug-likeness (QED) is 0.160. The average Bonchev–Trinajstić information content (AvgIpc) is 3.72. The molecule has 0 bridgehead atoms. The van der Waals surface area contributed by atoms with Crippen LogP contribution >= 0.6 is 0 Å². The second kappa shape index (κ2) is 12.9. The maximum atomic E-state index is 13.1. The summed E-state index contributed by atoms with van der Waals surface area (Å²) in [6.07, 6.45) is 0.738. The lowest BCUT2D eigenvalue weighted by Crippen LogP contribution is -2.31. The molecule has 3 aromatic heterocycles. The van der Waals surface area contributed by atoms with Crippen LogP contribution in [0, 0.1) is 0 Å². The van der Waals surface area contributed by atoms with Crippen molar-refractivity contribution < 1.29 is 17.6 Å². The van der Waals surface area contributed by atoms with Gasteiger partial charge in [0.1, 0.15) is 17.3 Å². The van der Waals surface area contributed by atoms with Crippen molar-refractivity contribution in [1.82, 2.24) is 25.2 Å². The number of rotatable bonds is 10. The smallest absolute Gasteiger partial charge is 0.416 e. The van der Waals surface area contributed by atoms with E-state index >= 15 is 0 Å². The summed E-state index contributed by atoms with van der Waals surface area (Å²) < 4.78 is 45.2. The van der Waals surface area contributed by atoms with Crippen molar-refractivity contribution in [3.8, 4) is 11.3 Å². The van der Waals surface area contributed by atoms with E-state index in [2.05, 4.69) is 51.6 Å². The Bertz CT molecular complexity index is 1890. The number of fused-ring (bicyclic) bond motifs is 2. The van der Waals surface area contributed by atoms with Gasteiger partial charge in [-0.15, -0.1) is 0 Å². The molecular weight excluding hydrogens is 587 g/mol. The minimum Gasteiger partial charge on any atom is -0.460 e. The molecule has 7 rings (SSSR count). The van der Waals surface area contributed by atoms with E-state index in [1.54, 1.807) is 18.2 Å². The van der Waals surface area contributed by atoms with E-state index in [-0.39, 0.29) is 6.04 Å². The third-order valence-electron chi connectivity index (χ3n) is 8.57. The summed E-state index contributed by atoms with van der Waals surface area (Å²) >= 11 is 0. The highest BCUT2D eigenvalue weighted by atomic mass is 19.4. The molecule has 0 amide bonds. The van der Waals surface area contributed by atoms with Gasteiger partial charge in [0.05, 0.1) is 41.4 Å². The molecule has 234 valence electrons. The number of halogens is 3. The first-order chi connectivity index (χ1) is 22.4. The van der Waals surface area contributed by atoms with Crippen molar-refractivity contribution in [3.63, 3.8) is 0 Å². The number of para-hydroxylation sites is 2. The van der Waals surface area contributed by atoms with Crippen LogP contribution in [0.2, 0.25) is 0 Å². The number of alkyl halides is 3. The van der Waals surface area contributed by atoms with Crippen molar-refractivity contribution in [2.45, 2.75) is 57.7 Å². The number of aryl methyl sites for hydroxylation is 1. The number of nitrogens with zero attached hydrogens (tertiary/aromatic N) is 3. The third kappa shape index (κ3) is 6.76. The van der Waals surface area contributed by atoms with Gasteiger partial charge in [-0.25, -0.2) is 4.98 Å². The van der Waals surface area contributed by atoms with Gasteiger partial charge in [-0.1, -0.05) is 54.6 Å². The lowest BCUT2D eigenvalue weighted by Gasteiger charge is -2.34. The van der Waals surface area contributed by atoms with Gasteiger partial charge in [0.15, 0.2) is 0 Å². The molecule has 3 aromatic carbocycles. The summed E-state index contributed by atoms with van der Waals surface area (Å²) in [5.41, 5.74) is 6.55. The molecule has 0 radical (unpaired) electrons. The Morgan fingerprint density at radius 2 is 1.72 bits per heavy atom. The molecule has 3 heterocycles. The largest absolute Gasteiger partial charge is 0.460 e. The number of hydrogen-bond acceptors (Lipinski definition) is 5. The molecule has 6 nitrogen and oxygen atoms in total. The van der Waals surface area contributed by atoms with E-state index in [0.717, 1.165) is 60.4 Å². The van der Waals surface area contributed by atoms with Crippen LogP contribution in [0.4, 0.5) is 13.2 Å². The summed E-state index contributed by atoms with van der Waals surface area (Å²) in [6, 6.07) is 29.8. The zero-order valence-corrected chi connectivity index (χ0v) is 25.2. The predicted octanol–water partition coefficient (Wildman–Crippen LogP) is 8.61. The fraction of sp³-hybridized carbons (Fsp3) is 0.243. The average molecular weight is 622 g/mol. The summed E-state index contributed by atoms with van der Waals surface area (Å²) in [5.74, 6) is 2.01. The Balaban J connectivity index is 1.01. The molecule has 46 heavy (non-hydrogen) atoms. The van der Waals surface area contributed by atoms with Gasteiger partial charge >= 0.3 is 6.18 Å². The SMILES string of the molecule is FC(F)(F)c1cccc(-c2ccc(CNCc3ccc(CN(Cc4nc5ccccc5[nH]4)C4CCCc5cccnc54)cc3)o2)c1. The van der Waals surface area contributed by atoms with Crippen molar-refractivity contribution in [2.24, 2.45) is 0 Å². The highest BCUT2D eigenvalue weighted by molar-refractivity contribution is 5.74. The van der Waals surface area contributed by atoms with Crippen molar-refractivity contribution in [1.29, 1.82) is 0 Å². The van der Waals surface area contributed by atoms with E-state index in [1.807, 2.05) is 30.5 Å². The Kier molecular flexibility index (Phi) is 8.43.